The summed E-state index contributed by atoms with van der Waals surface area (Å²) in [6.07, 6.45) is 0. The molecule has 0 aliphatic carbocycles. The summed E-state index contributed by atoms with van der Waals surface area (Å²) in [6.45, 7) is 8.52. The van der Waals surface area contributed by atoms with Crippen LogP contribution in [0.4, 0.5) is 5.69 Å². The van der Waals surface area contributed by atoms with E-state index in [-0.39, 0.29) is 37.4 Å². The molecule has 0 aliphatic rings. The van der Waals surface area contributed by atoms with E-state index in [9.17, 15) is 14.4 Å². The average molecular weight is 349 g/mol. The lowest BCUT2D eigenvalue weighted by atomic mass is 10.1. The lowest BCUT2D eigenvalue weighted by Gasteiger charge is -2.16. The Kier molecular flexibility index (Phi) is 8.07. The van der Waals surface area contributed by atoms with Crippen molar-refractivity contribution in [2.24, 2.45) is 0 Å². The van der Waals surface area contributed by atoms with Crippen molar-refractivity contribution in [3.05, 3.63) is 28.8 Å². The molecule has 0 saturated heterocycles. The van der Waals surface area contributed by atoms with E-state index in [4.69, 9.17) is 0 Å². The number of carbonyl (C=O) groups is 3. The lowest BCUT2D eigenvalue weighted by molar-refractivity contribution is -0.862. The highest BCUT2D eigenvalue weighted by molar-refractivity contribution is 5.93. The molecule has 0 saturated carbocycles. The molecular weight excluding hydrogens is 320 g/mol. The predicted octanol–water partition coefficient (Wildman–Crippen LogP) is -0.683. The van der Waals surface area contributed by atoms with Gasteiger partial charge in [-0.15, -0.1) is 0 Å². The van der Waals surface area contributed by atoms with Crippen LogP contribution in [0, 0.1) is 20.8 Å². The highest BCUT2D eigenvalue weighted by atomic mass is 16.2. The number of anilines is 1. The Bertz CT molecular complexity index is 620. The zero-order valence-corrected chi connectivity index (χ0v) is 15.7. The molecule has 3 amide bonds. The first-order valence-corrected chi connectivity index (χ1v) is 8.45. The fourth-order valence-corrected chi connectivity index (χ4v) is 2.67. The summed E-state index contributed by atoms with van der Waals surface area (Å²) < 4.78 is 0. The second-order valence-corrected chi connectivity index (χ2v) is 6.36. The van der Waals surface area contributed by atoms with Crippen LogP contribution >= 0.6 is 0 Å². The van der Waals surface area contributed by atoms with Crippen LogP contribution in [0.1, 0.15) is 23.6 Å². The van der Waals surface area contributed by atoms with Crippen LogP contribution in [0.2, 0.25) is 0 Å². The van der Waals surface area contributed by atoms with Crippen LogP contribution in [0.25, 0.3) is 0 Å². The number of amides is 3. The van der Waals surface area contributed by atoms with Gasteiger partial charge in [-0.25, -0.2) is 0 Å². The summed E-state index contributed by atoms with van der Waals surface area (Å²) in [4.78, 5) is 36.1. The molecule has 0 fully saturated rings. The van der Waals surface area contributed by atoms with Crippen LogP contribution in [-0.4, -0.2) is 50.9 Å². The smallest absolute Gasteiger partial charge is 0.279 e. The normalized spacial score (nSPS) is 11.6. The van der Waals surface area contributed by atoms with E-state index in [1.807, 2.05) is 39.8 Å². The first-order valence-electron chi connectivity index (χ1n) is 8.45. The maximum absolute atomic E-state index is 12.2. The van der Waals surface area contributed by atoms with Crippen molar-refractivity contribution in [1.29, 1.82) is 0 Å². The number of rotatable bonds is 8. The van der Waals surface area contributed by atoms with Crippen molar-refractivity contribution in [2.45, 2.75) is 27.7 Å². The molecule has 0 aliphatic heterocycles. The van der Waals surface area contributed by atoms with Gasteiger partial charge in [0.1, 0.15) is 0 Å². The third kappa shape index (κ3) is 7.34. The van der Waals surface area contributed by atoms with Crippen LogP contribution < -0.4 is 20.9 Å². The molecule has 1 unspecified atom stereocenters. The maximum atomic E-state index is 12.2. The first kappa shape index (κ1) is 20.6. The Morgan fingerprint density at radius 1 is 0.920 bits per heavy atom. The first-order chi connectivity index (χ1) is 11.7. The molecule has 0 heterocycles. The van der Waals surface area contributed by atoms with Gasteiger partial charge in [0, 0.05) is 12.2 Å². The maximum Gasteiger partial charge on any atom is 0.279 e. The van der Waals surface area contributed by atoms with E-state index in [2.05, 4.69) is 16.0 Å². The summed E-state index contributed by atoms with van der Waals surface area (Å²) in [7, 11) is 1.76. The topological polar surface area (TPSA) is 91.7 Å². The van der Waals surface area contributed by atoms with E-state index in [1.54, 1.807) is 7.05 Å². The van der Waals surface area contributed by atoms with Crippen molar-refractivity contribution in [1.82, 2.24) is 10.6 Å². The second kappa shape index (κ2) is 9.78. The molecule has 0 spiro atoms. The molecule has 7 nitrogen and oxygen atoms in total. The third-order valence-electron chi connectivity index (χ3n) is 3.69. The quantitative estimate of drug-likeness (QED) is 0.501. The predicted molar refractivity (Wildman–Crippen MR) is 97.6 cm³/mol. The van der Waals surface area contributed by atoms with Gasteiger partial charge >= 0.3 is 0 Å². The Morgan fingerprint density at radius 3 is 2.04 bits per heavy atom. The zero-order valence-electron chi connectivity index (χ0n) is 15.7. The van der Waals surface area contributed by atoms with Crippen LogP contribution in [-0.2, 0) is 14.4 Å². The number of hydrogen-bond donors (Lipinski definition) is 4. The van der Waals surface area contributed by atoms with Crippen molar-refractivity contribution in [2.75, 3.05) is 38.5 Å². The van der Waals surface area contributed by atoms with E-state index in [1.165, 1.54) is 0 Å². The number of quaternary nitrogens is 1. The van der Waals surface area contributed by atoms with Gasteiger partial charge in [-0.2, -0.15) is 0 Å². The van der Waals surface area contributed by atoms with Gasteiger partial charge in [0.2, 0.25) is 5.91 Å². The SMILES string of the molecule is CCNC(=O)CNC(=O)C[NH+](C)CC(=O)Nc1c(C)cc(C)cc1C. The summed E-state index contributed by atoms with van der Waals surface area (Å²) in [6, 6.07) is 4.04. The van der Waals surface area contributed by atoms with Gasteiger partial charge < -0.3 is 20.9 Å². The Balaban J connectivity index is 2.46. The van der Waals surface area contributed by atoms with Gasteiger partial charge in [-0.3, -0.25) is 14.4 Å². The number of benzene rings is 1. The second-order valence-electron chi connectivity index (χ2n) is 6.36. The van der Waals surface area contributed by atoms with Crippen LogP contribution in [0.15, 0.2) is 12.1 Å². The summed E-state index contributed by atoms with van der Waals surface area (Å²) in [5.41, 5.74) is 4.01. The molecule has 138 valence electrons. The van der Waals surface area contributed by atoms with E-state index < -0.39 is 0 Å². The largest absolute Gasteiger partial charge is 0.355 e. The highest BCUT2D eigenvalue weighted by Crippen LogP contribution is 2.21. The van der Waals surface area contributed by atoms with Gasteiger partial charge in [0.15, 0.2) is 13.1 Å². The minimum Gasteiger partial charge on any atom is -0.355 e. The molecule has 1 rings (SSSR count). The monoisotopic (exact) mass is 349 g/mol. The molecule has 4 N–H and O–H groups in total. The molecule has 25 heavy (non-hydrogen) atoms. The third-order valence-corrected chi connectivity index (χ3v) is 3.69. The van der Waals surface area contributed by atoms with Crippen LogP contribution in [0.5, 0.6) is 0 Å². The van der Waals surface area contributed by atoms with E-state index in [0.29, 0.717) is 6.54 Å². The van der Waals surface area contributed by atoms with Crippen molar-refractivity contribution in [3.63, 3.8) is 0 Å². The Labute approximate surface area is 149 Å². The lowest BCUT2D eigenvalue weighted by Crippen LogP contribution is -3.11. The van der Waals surface area contributed by atoms with Gasteiger partial charge in [-0.05, 0) is 38.8 Å². The molecule has 0 bridgehead atoms. The molecule has 0 aromatic heterocycles. The van der Waals surface area contributed by atoms with Crippen molar-refractivity contribution in [3.8, 4) is 0 Å². The number of aryl methyl sites for hydroxylation is 3. The highest BCUT2D eigenvalue weighted by Gasteiger charge is 2.16. The Morgan fingerprint density at radius 2 is 1.48 bits per heavy atom. The molecule has 1 atom stereocenters. The number of likely N-dealkylation sites (N-methyl/N-ethyl adjacent to an activating group) is 2. The summed E-state index contributed by atoms with van der Waals surface area (Å²) >= 11 is 0. The number of carbonyl (C=O) groups excluding carboxylic acids is 3. The average Bonchev–Trinajstić information content (AvgIpc) is 2.49. The van der Waals surface area contributed by atoms with Gasteiger partial charge in [-0.1, -0.05) is 17.7 Å². The molecule has 1 aromatic carbocycles. The minimum atomic E-state index is -0.265. The zero-order chi connectivity index (χ0) is 19.0. The van der Waals surface area contributed by atoms with Crippen molar-refractivity contribution >= 4 is 23.4 Å². The fourth-order valence-electron chi connectivity index (χ4n) is 2.67. The Hall–Kier alpha value is -2.41. The number of nitrogens with one attached hydrogen (secondary N) is 4. The molecule has 0 radical (unpaired) electrons. The van der Waals surface area contributed by atoms with Gasteiger partial charge in [0.05, 0.1) is 13.6 Å². The summed E-state index contributed by atoms with van der Waals surface area (Å²) in [5.74, 6) is -0.639. The summed E-state index contributed by atoms with van der Waals surface area (Å²) in [5, 5.41) is 8.07. The van der Waals surface area contributed by atoms with Crippen molar-refractivity contribution < 1.29 is 19.3 Å². The fraction of sp³-hybridized carbons (Fsp3) is 0.500. The van der Waals surface area contributed by atoms with E-state index in [0.717, 1.165) is 27.3 Å². The molecule has 1 aromatic rings. The standard InChI is InChI=1S/C18H28N4O3/c1-6-19-15(23)9-20-16(24)10-22(5)11-17(25)21-18-13(3)7-12(2)8-14(18)4/h7-8H,6,9-11H2,1-5H3,(H,19,23)(H,20,24)(H,21,25)/p+1. The van der Waals surface area contributed by atoms with E-state index >= 15 is 0 Å². The van der Waals surface area contributed by atoms with Gasteiger partial charge in [0.25, 0.3) is 11.8 Å². The molecule has 7 heteroatoms. The van der Waals surface area contributed by atoms with Crippen LogP contribution in [0.3, 0.4) is 0 Å². The molecular formula is C18H29N4O3+. The minimum absolute atomic E-state index is 0.0477. The number of hydrogen-bond acceptors (Lipinski definition) is 3.